The van der Waals surface area contributed by atoms with Gasteiger partial charge in [-0.05, 0) is 31.0 Å². The number of halogens is 1. The summed E-state index contributed by atoms with van der Waals surface area (Å²) in [5.74, 6) is -1.12. The van der Waals surface area contributed by atoms with Crippen molar-refractivity contribution in [3.05, 3.63) is 63.2 Å². The minimum atomic E-state index is -4.11. The maximum absolute atomic E-state index is 13.5. The molecule has 0 fully saturated rings. The average Bonchev–Trinajstić information content (AvgIpc) is 2.83. The highest BCUT2D eigenvalue weighted by Gasteiger charge is 2.32. The Morgan fingerprint density at radius 1 is 1.22 bits per heavy atom. The van der Waals surface area contributed by atoms with Crippen LogP contribution in [0.3, 0.4) is 0 Å². The monoisotopic (exact) mass is 540 g/mol. The molecule has 36 heavy (non-hydrogen) atoms. The second-order valence-corrected chi connectivity index (χ2v) is 10.3. The highest BCUT2D eigenvalue weighted by atomic mass is 35.5. The third-order valence-electron chi connectivity index (χ3n) is 5.34. The van der Waals surface area contributed by atoms with E-state index in [4.69, 9.17) is 16.3 Å². The molecule has 0 saturated heterocycles. The smallest absolute Gasteiger partial charge is 0.271 e. The normalized spacial score (nSPS) is 11.9. The first-order valence-electron chi connectivity index (χ1n) is 11.0. The van der Waals surface area contributed by atoms with Crippen LogP contribution >= 0.6 is 11.6 Å². The Labute approximate surface area is 215 Å². The Balaban J connectivity index is 2.51. The van der Waals surface area contributed by atoms with Crippen LogP contribution in [0.15, 0.2) is 42.5 Å². The zero-order valence-corrected chi connectivity index (χ0v) is 22.0. The number of nitro groups is 1. The molecular formula is C23H29ClN4O7S. The number of carbonyl (C=O) groups excluding carboxylic acids is 2. The van der Waals surface area contributed by atoms with Gasteiger partial charge in [-0.2, -0.15) is 0 Å². The van der Waals surface area contributed by atoms with Crippen LogP contribution in [-0.4, -0.2) is 62.6 Å². The van der Waals surface area contributed by atoms with Crippen molar-refractivity contribution in [1.29, 1.82) is 0 Å². The van der Waals surface area contributed by atoms with Crippen molar-refractivity contribution in [2.45, 2.75) is 32.9 Å². The molecule has 0 unspecified atom stereocenters. The number of ether oxygens (including phenoxy) is 1. The molecule has 0 aliphatic heterocycles. The fourth-order valence-electron chi connectivity index (χ4n) is 3.37. The number of non-ortho nitro benzene ring substituents is 1. The maximum atomic E-state index is 13.5. The van der Waals surface area contributed by atoms with E-state index in [1.54, 1.807) is 24.3 Å². The van der Waals surface area contributed by atoms with E-state index in [1.165, 1.54) is 25.0 Å². The summed E-state index contributed by atoms with van der Waals surface area (Å²) in [7, 11) is -2.83. The molecule has 0 aliphatic carbocycles. The number of nitro benzene ring substituents is 1. The van der Waals surface area contributed by atoms with Crippen molar-refractivity contribution >= 4 is 44.8 Å². The number of carbonyl (C=O) groups is 2. The van der Waals surface area contributed by atoms with Crippen molar-refractivity contribution in [2.75, 3.05) is 30.8 Å². The summed E-state index contributed by atoms with van der Waals surface area (Å²) in [4.78, 5) is 38.1. The summed E-state index contributed by atoms with van der Waals surface area (Å²) in [5.41, 5.74) is -0.00282. The summed E-state index contributed by atoms with van der Waals surface area (Å²) in [6.07, 6.45) is 1.56. The molecule has 0 radical (unpaired) electrons. The third kappa shape index (κ3) is 7.31. The molecule has 0 bridgehead atoms. The zero-order chi connectivity index (χ0) is 27.0. The lowest BCUT2D eigenvalue weighted by Crippen LogP contribution is -2.51. The zero-order valence-electron chi connectivity index (χ0n) is 20.4. The van der Waals surface area contributed by atoms with E-state index in [9.17, 15) is 28.1 Å². The molecule has 2 amide bonds. The number of nitrogens with zero attached hydrogens (tertiary/aromatic N) is 3. The second kappa shape index (κ2) is 12.5. The molecular weight excluding hydrogens is 512 g/mol. The van der Waals surface area contributed by atoms with Crippen LogP contribution in [0.5, 0.6) is 5.75 Å². The van der Waals surface area contributed by atoms with Gasteiger partial charge in [-0.15, -0.1) is 0 Å². The SMILES string of the molecule is CCCNC(=O)[C@H](C)N(Cc1ccccc1Cl)C(=O)CN(c1cc([N+](=O)[O-])ccc1OC)S(C)(=O)=O. The topological polar surface area (TPSA) is 139 Å². The number of nitrogens with one attached hydrogen (secondary N) is 1. The van der Waals surface area contributed by atoms with Gasteiger partial charge in [0, 0.05) is 30.2 Å². The van der Waals surface area contributed by atoms with Crippen molar-refractivity contribution in [3.8, 4) is 5.75 Å². The molecule has 0 aliphatic rings. The van der Waals surface area contributed by atoms with E-state index in [2.05, 4.69) is 5.32 Å². The van der Waals surface area contributed by atoms with E-state index in [-0.39, 0.29) is 23.7 Å². The second-order valence-electron chi connectivity index (χ2n) is 7.96. The van der Waals surface area contributed by atoms with E-state index in [1.807, 2.05) is 6.92 Å². The van der Waals surface area contributed by atoms with Crippen LogP contribution < -0.4 is 14.4 Å². The fourth-order valence-corrected chi connectivity index (χ4v) is 4.41. The lowest BCUT2D eigenvalue weighted by molar-refractivity contribution is -0.384. The number of hydrogen-bond donors (Lipinski definition) is 1. The summed E-state index contributed by atoms with van der Waals surface area (Å²) >= 11 is 6.28. The van der Waals surface area contributed by atoms with Gasteiger partial charge in [-0.1, -0.05) is 36.7 Å². The lowest BCUT2D eigenvalue weighted by Gasteiger charge is -2.32. The maximum Gasteiger partial charge on any atom is 0.271 e. The Morgan fingerprint density at radius 3 is 2.44 bits per heavy atom. The summed E-state index contributed by atoms with van der Waals surface area (Å²) in [6, 6.07) is 9.23. The molecule has 0 heterocycles. The van der Waals surface area contributed by atoms with E-state index in [0.29, 0.717) is 23.6 Å². The average molecular weight is 541 g/mol. The first-order chi connectivity index (χ1) is 16.9. The van der Waals surface area contributed by atoms with Crippen LogP contribution in [0.2, 0.25) is 5.02 Å². The van der Waals surface area contributed by atoms with Gasteiger partial charge in [0.25, 0.3) is 5.69 Å². The van der Waals surface area contributed by atoms with Crippen LogP contribution in [-0.2, 0) is 26.2 Å². The van der Waals surface area contributed by atoms with Crippen LogP contribution in [0.1, 0.15) is 25.8 Å². The van der Waals surface area contributed by atoms with E-state index in [0.717, 1.165) is 22.7 Å². The minimum Gasteiger partial charge on any atom is -0.495 e. The van der Waals surface area contributed by atoms with Gasteiger partial charge >= 0.3 is 0 Å². The van der Waals surface area contributed by atoms with Gasteiger partial charge in [0.2, 0.25) is 21.8 Å². The van der Waals surface area contributed by atoms with Crippen molar-refractivity contribution in [1.82, 2.24) is 10.2 Å². The van der Waals surface area contributed by atoms with E-state index < -0.39 is 39.3 Å². The van der Waals surface area contributed by atoms with Gasteiger partial charge < -0.3 is 15.0 Å². The van der Waals surface area contributed by atoms with Gasteiger partial charge in [-0.25, -0.2) is 8.42 Å². The lowest BCUT2D eigenvalue weighted by atomic mass is 10.1. The quantitative estimate of drug-likeness (QED) is 0.322. The first-order valence-corrected chi connectivity index (χ1v) is 13.2. The molecule has 1 atom stereocenters. The van der Waals surface area contributed by atoms with Gasteiger partial charge in [0.1, 0.15) is 24.0 Å². The molecule has 11 nitrogen and oxygen atoms in total. The van der Waals surface area contributed by atoms with Gasteiger partial charge in [-0.3, -0.25) is 24.0 Å². The molecule has 1 N–H and O–H groups in total. The molecule has 0 spiro atoms. The molecule has 0 aromatic heterocycles. The Kier molecular flexibility index (Phi) is 10.1. The van der Waals surface area contributed by atoms with Crippen LogP contribution in [0, 0.1) is 10.1 Å². The van der Waals surface area contributed by atoms with Crippen molar-refractivity contribution in [2.24, 2.45) is 0 Å². The summed E-state index contributed by atoms with van der Waals surface area (Å²) in [6.45, 7) is 3.01. The Bertz CT molecular complexity index is 1220. The molecule has 0 saturated carbocycles. The third-order valence-corrected chi connectivity index (χ3v) is 6.83. The summed E-state index contributed by atoms with van der Waals surface area (Å²) in [5, 5.41) is 14.4. The molecule has 2 rings (SSSR count). The fraction of sp³-hybridized carbons (Fsp3) is 0.391. The predicted molar refractivity (Wildman–Crippen MR) is 137 cm³/mol. The highest BCUT2D eigenvalue weighted by Crippen LogP contribution is 2.34. The molecule has 13 heteroatoms. The highest BCUT2D eigenvalue weighted by molar-refractivity contribution is 7.92. The van der Waals surface area contributed by atoms with Crippen molar-refractivity contribution < 1.29 is 27.7 Å². The molecule has 2 aromatic carbocycles. The number of benzene rings is 2. The van der Waals surface area contributed by atoms with Crippen molar-refractivity contribution in [3.63, 3.8) is 0 Å². The Morgan fingerprint density at radius 2 is 1.89 bits per heavy atom. The summed E-state index contributed by atoms with van der Waals surface area (Å²) < 4.78 is 31.4. The number of rotatable bonds is 12. The van der Waals surface area contributed by atoms with Gasteiger partial charge in [0.05, 0.1) is 18.3 Å². The number of methoxy groups -OCH3 is 1. The van der Waals surface area contributed by atoms with Gasteiger partial charge in [0.15, 0.2) is 0 Å². The number of amides is 2. The first kappa shape index (κ1) is 28.9. The van der Waals surface area contributed by atoms with E-state index >= 15 is 0 Å². The largest absolute Gasteiger partial charge is 0.495 e. The minimum absolute atomic E-state index is 0.0187. The molecule has 2 aromatic rings. The molecule has 196 valence electrons. The van der Waals surface area contributed by atoms with Crippen LogP contribution in [0.25, 0.3) is 0 Å². The standard InChI is InChI=1S/C23H29ClN4O7S/c1-5-12-25-23(30)16(2)26(14-17-8-6-7-9-19(17)24)22(29)15-27(36(4,33)34)20-13-18(28(31)32)10-11-21(20)35-3/h6-11,13,16H,5,12,14-15H2,1-4H3,(H,25,30)/t16-/m0/s1. The van der Waals surface area contributed by atoms with Crippen LogP contribution in [0.4, 0.5) is 11.4 Å². The Hall–Kier alpha value is -3.38. The number of anilines is 1. The predicted octanol–water partition coefficient (Wildman–Crippen LogP) is 2.97. The number of hydrogen-bond acceptors (Lipinski definition) is 7. The number of sulfonamides is 1.